The minimum atomic E-state index is -4.09. The maximum Gasteiger partial charge on any atom is 0.408 e. The maximum atomic E-state index is 14.4. The van der Waals surface area contributed by atoms with E-state index >= 15 is 0 Å². The molecule has 0 bridgehead atoms. The van der Waals surface area contributed by atoms with Gasteiger partial charge in [0.2, 0.25) is 0 Å². The SMILES string of the molecule is CCOC(=O)C1C(S(=O)(=O)c2ccc(C)cc2)CN2CCC(Cc3ccc(F)cc3)(NC(=O)OC(C)(C)C)C(=O)N12. The third kappa shape index (κ3) is 6.38. The predicted molar refractivity (Wildman–Crippen MR) is 148 cm³/mol. The van der Waals surface area contributed by atoms with Gasteiger partial charge in [0.15, 0.2) is 15.9 Å². The Labute approximate surface area is 239 Å². The van der Waals surface area contributed by atoms with Gasteiger partial charge in [0.05, 0.1) is 11.5 Å². The van der Waals surface area contributed by atoms with Crippen molar-refractivity contribution in [3.8, 4) is 0 Å². The number of ether oxygens (including phenoxy) is 2. The largest absolute Gasteiger partial charge is 0.464 e. The molecule has 0 saturated carbocycles. The molecule has 222 valence electrons. The standard InChI is InChI=1S/C29H36FN3O7S/c1-6-39-25(34)24-23(41(37,38)22-13-7-19(2)8-14-22)18-32-16-15-29(26(35)33(24)32,31-27(36)40-28(3,4)5)17-20-9-11-21(30)12-10-20/h7-14,23-24H,6,15-18H2,1-5H3,(H,31,36). The van der Waals surface area contributed by atoms with Crippen LogP contribution in [0.4, 0.5) is 9.18 Å². The maximum absolute atomic E-state index is 14.4. The zero-order chi connectivity index (χ0) is 30.2. The first-order chi connectivity index (χ1) is 19.2. The Kier molecular flexibility index (Phi) is 8.47. The third-order valence-electron chi connectivity index (χ3n) is 7.16. The molecule has 0 aromatic heterocycles. The van der Waals surface area contributed by atoms with Crippen molar-refractivity contribution >= 4 is 27.8 Å². The van der Waals surface area contributed by atoms with Crippen molar-refractivity contribution < 1.29 is 36.7 Å². The van der Waals surface area contributed by atoms with Crippen molar-refractivity contribution in [2.24, 2.45) is 0 Å². The van der Waals surface area contributed by atoms with E-state index in [1.54, 1.807) is 39.8 Å². The van der Waals surface area contributed by atoms with Gasteiger partial charge in [0.25, 0.3) is 5.91 Å². The molecule has 1 N–H and O–H groups in total. The third-order valence-corrected chi connectivity index (χ3v) is 9.29. The molecule has 2 aliphatic heterocycles. The van der Waals surface area contributed by atoms with Crippen LogP contribution in [0, 0.1) is 12.7 Å². The second-order valence-corrected chi connectivity index (χ2v) is 13.6. The topological polar surface area (TPSA) is 122 Å². The molecule has 41 heavy (non-hydrogen) atoms. The van der Waals surface area contributed by atoms with E-state index in [0.717, 1.165) is 10.6 Å². The number of hydrogen-bond acceptors (Lipinski definition) is 8. The van der Waals surface area contributed by atoms with Crippen LogP contribution >= 0.6 is 0 Å². The number of hydrazine groups is 1. The first-order valence-electron chi connectivity index (χ1n) is 13.5. The molecule has 0 spiro atoms. The van der Waals surface area contributed by atoms with E-state index in [-0.39, 0.29) is 37.4 Å². The van der Waals surface area contributed by atoms with E-state index in [1.807, 2.05) is 6.92 Å². The number of alkyl carbamates (subject to hydrolysis) is 1. The number of fused-ring (bicyclic) bond motifs is 1. The zero-order valence-electron chi connectivity index (χ0n) is 23.8. The van der Waals surface area contributed by atoms with Crippen molar-refractivity contribution in [1.82, 2.24) is 15.3 Å². The molecule has 10 nitrogen and oxygen atoms in total. The van der Waals surface area contributed by atoms with E-state index in [0.29, 0.717) is 5.56 Å². The lowest BCUT2D eigenvalue weighted by Gasteiger charge is -2.46. The van der Waals surface area contributed by atoms with Crippen LogP contribution in [0.2, 0.25) is 0 Å². The number of aryl methyl sites for hydroxylation is 1. The fourth-order valence-electron chi connectivity index (χ4n) is 5.25. The molecule has 0 radical (unpaired) electrons. The molecule has 12 heteroatoms. The van der Waals surface area contributed by atoms with E-state index < -0.39 is 56.1 Å². The highest BCUT2D eigenvalue weighted by Crippen LogP contribution is 2.37. The first kappa shape index (κ1) is 30.4. The second-order valence-electron chi connectivity index (χ2n) is 11.4. The van der Waals surface area contributed by atoms with Gasteiger partial charge in [-0.1, -0.05) is 29.8 Å². The fraction of sp³-hybridized carbons (Fsp3) is 0.483. The summed E-state index contributed by atoms with van der Waals surface area (Å²) in [5.74, 6) is -2.01. The summed E-state index contributed by atoms with van der Waals surface area (Å²) in [4.78, 5) is 40.8. The van der Waals surface area contributed by atoms with E-state index in [1.165, 1.54) is 41.4 Å². The molecule has 2 fully saturated rings. The molecule has 2 aromatic carbocycles. The molecule has 3 unspecified atom stereocenters. The van der Waals surface area contributed by atoms with Crippen LogP contribution in [0.1, 0.15) is 45.2 Å². The molecule has 2 aromatic rings. The van der Waals surface area contributed by atoms with Crippen molar-refractivity contribution in [3.05, 3.63) is 65.5 Å². The van der Waals surface area contributed by atoms with Crippen molar-refractivity contribution in [1.29, 1.82) is 0 Å². The highest BCUT2D eigenvalue weighted by molar-refractivity contribution is 7.92. The molecule has 4 rings (SSSR count). The number of carbonyl (C=O) groups excluding carboxylic acids is 3. The number of carbonyl (C=O) groups is 3. The summed E-state index contributed by atoms with van der Waals surface area (Å²) in [7, 11) is -4.09. The summed E-state index contributed by atoms with van der Waals surface area (Å²) in [6.07, 6.45) is -0.802. The molecule has 2 heterocycles. The van der Waals surface area contributed by atoms with Gasteiger partial charge in [-0.25, -0.2) is 27.4 Å². The number of benzene rings is 2. The molecule has 3 atom stereocenters. The van der Waals surface area contributed by atoms with Crippen LogP contribution < -0.4 is 5.32 Å². The lowest BCUT2D eigenvalue weighted by atomic mass is 9.84. The predicted octanol–water partition coefficient (Wildman–Crippen LogP) is 3.18. The van der Waals surface area contributed by atoms with Crippen LogP contribution in [0.5, 0.6) is 0 Å². The number of amides is 2. The molecular weight excluding hydrogens is 553 g/mol. The highest BCUT2D eigenvalue weighted by Gasteiger charge is 2.60. The first-order valence-corrected chi connectivity index (χ1v) is 15.0. The minimum absolute atomic E-state index is 0.0223. The van der Waals surface area contributed by atoms with Gasteiger partial charge in [-0.05, 0) is 70.9 Å². The molecule has 2 amide bonds. The van der Waals surface area contributed by atoms with E-state index in [4.69, 9.17) is 9.47 Å². The van der Waals surface area contributed by atoms with Crippen LogP contribution in [0.3, 0.4) is 0 Å². The summed E-state index contributed by atoms with van der Waals surface area (Å²) < 4.78 is 52.1. The Hall–Kier alpha value is -3.51. The van der Waals surface area contributed by atoms with Gasteiger partial charge < -0.3 is 14.8 Å². The summed E-state index contributed by atoms with van der Waals surface area (Å²) >= 11 is 0. The van der Waals surface area contributed by atoms with Crippen molar-refractivity contribution in [2.75, 3.05) is 19.7 Å². The monoisotopic (exact) mass is 589 g/mol. The Morgan fingerprint density at radius 1 is 1.10 bits per heavy atom. The highest BCUT2D eigenvalue weighted by atomic mass is 32.2. The molecule has 2 aliphatic rings. The number of esters is 1. The smallest absolute Gasteiger partial charge is 0.408 e. The average Bonchev–Trinajstić information content (AvgIpc) is 3.28. The Balaban J connectivity index is 1.77. The summed E-state index contributed by atoms with van der Waals surface area (Å²) in [5.41, 5.74) is -1.05. The number of nitrogens with one attached hydrogen (secondary N) is 1. The molecular formula is C29H36FN3O7S. The Bertz CT molecular complexity index is 1410. The van der Waals surface area contributed by atoms with Crippen LogP contribution in [-0.2, 0) is 35.3 Å². The number of hydrogen-bond donors (Lipinski definition) is 1. The van der Waals surface area contributed by atoms with Crippen LogP contribution in [-0.4, -0.2) is 78.5 Å². The van der Waals surface area contributed by atoms with Crippen LogP contribution in [0.15, 0.2) is 53.4 Å². The van der Waals surface area contributed by atoms with Gasteiger partial charge in [0.1, 0.15) is 22.2 Å². The molecule has 0 aliphatic carbocycles. The summed E-state index contributed by atoms with van der Waals surface area (Å²) in [6.45, 7) is 8.48. The van der Waals surface area contributed by atoms with Crippen molar-refractivity contribution in [2.45, 2.75) is 74.8 Å². The van der Waals surface area contributed by atoms with Crippen molar-refractivity contribution in [3.63, 3.8) is 0 Å². The van der Waals surface area contributed by atoms with E-state index in [2.05, 4.69) is 5.32 Å². The number of sulfone groups is 1. The summed E-state index contributed by atoms with van der Waals surface area (Å²) in [6, 6.07) is 10.3. The quantitative estimate of drug-likeness (QED) is 0.489. The lowest BCUT2D eigenvalue weighted by molar-refractivity contribution is -0.173. The minimum Gasteiger partial charge on any atom is -0.464 e. The van der Waals surface area contributed by atoms with Gasteiger partial charge in [-0.3, -0.25) is 9.80 Å². The molecule has 2 saturated heterocycles. The Morgan fingerprint density at radius 3 is 2.32 bits per heavy atom. The van der Waals surface area contributed by atoms with Gasteiger partial charge in [-0.2, -0.15) is 0 Å². The van der Waals surface area contributed by atoms with Gasteiger partial charge in [-0.15, -0.1) is 0 Å². The summed E-state index contributed by atoms with van der Waals surface area (Å²) in [5, 5.41) is 4.07. The number of halogens is 1. The number of rotatable bonds is 7. The number of nitrogens with zero attached hydrogens (tertiary/aromatic N) is 2. The normalized spacial score (nSPS) is 23.2. The van der Waals surface area contributed by atoms with E-state index in [9.17, 15) is 27.2 Å². The average molecular weight is 590 g/mol. The zero-order valence-corrected chi connectivity index (χ0v) is 24.7. The second kappa shape index (κ2) is 11.4. The van der Waals surface area contributed by atoms with Gasteiger partial charge in [0, 0.05) is 19.5 Å². The lowest BCUT2D eigenvalue weighted by Crippen LogP contribution is -2.69. The Morgan fingerprint density at radius 2 is 1.73 bits per heavy atom. The van der Waals surface area contributed by atoms with Gasteiger partial charge >= 0.3 is 12.1 Å². The van der Waals surface area contributed by atoms with Crippen LogP contribution in [0.25, 0.3) is 0 Å². The fourth-order valence-corrected chi connectivity index (χ4v) is 7.05.